The van der Waals surface area contributed by atoms with Gasteiger partial charge >= 0.3 is 12.2 Å². The first-order valence-corrected chi connectivity index (χ1v) is 7.63. The van der Waals surface area contributed by atoms with Crippen molar-refractivity contribution in [2.24, 2.45) is 0 Å². The fourth-order valence-electron chi connectivity index (χ4n) is 1.71. The summed E-state index contributed by atoms with van der Waals surface area (Å²) in [4.78, 5) is 34.3. The van der Waals surface area contributed by atoms with Crippen molar-refractivity contribution >= 4 is 30.0 Å². The van der Waals surface area contributed by atoms with Gasteiger partial charge in [0.1, 0.15) is 17.0 Å². The lowest BCUT2D eigenvalue weighted by molar-refractivity contribution is -0.120. The molecule has 1 aromatic carbocycles. The van der Waals surface area contributed by atoms with Gasteiger partial charge in [-0.3, -0.25) is 15.4 Å². The van der Waals surface area contributed by atoms with E-state index in [4.69, 9.17) is 14.2 Å². The SMILES string of the molecule is CC(C)(C)OC(=O)Nc1cc(NC(=O)OC(C)(C)C)cc(OC=O)c1. The van der Waals surface area contributed by atoms with Crippen molar-refractivity contribution in [1.82, 2.24) is 0 Å². The van der Waals surface area contributed by atoms with Crippen molar-refractivity contribution in [2.45, 2.75) is 52.7 Å². The van der Waals surface area contributed by atoms with Crippen LogP contribution >= 0.6 is 0 Å². The smallest absolute Gasteiger partial charge is 0.412 e. The molecular formula is C17H24N2O6. The van der Waals surface area contributed by atoms with Crippen molar-refractivity contribution in [3.8, 4) is 5.75 Å². The van der Waals surface area contributed by atoms with E-state index < -0.39 is 23.4 Å². The van der Waals surface area contributed by atoms with Gasteiger partial charge in [-0.2, -0.15) is 0 Å². The minimum absolute atomic E-state index is 0.134. The minimum Gasteiger partial charge on any atom is -0.444 e. The van der Waals surface area contributed by atoms with Crippen LogP contribution in [0.3, 0.4) is 0 Å². The van der Waals surface area contributed by atoms with Crippen LogP contribution in [0.5, 0.6) is 5.75 Å². The van der Waals surface area contributed by atoms with Crippen molar-refractivity contribution < 1.29 is 28.6 Å². The van der Waals surface area contributed by atoms with Crippen molar-refractivity contribution in [2.75, 3.05) is 10.6 Å². The maximum absolute atomic E-state index is 11.9. The molecule has 0 atom stereocenters. The Labute approximate surface area is 146 Å². The van der Waals surface area contributed by atoms with E-state index in [0.29, 0.717) is 0 Å². The summed E-state index contributed by atoms with van der Waals surface area (Å²) in [5.74, 6) is 0.134. The summed E-state index contributed by atoms with van der Waals surface area (Å²) in [5.41, 5.74) is -0.781. The molecule has 0 spiro atoms. The van der Waals surface area contributed by atoms with Crippen LogP contribution in [-0.2, 0) is 14.3 Å². The van der Waals surface area contributed by atoms with E-state index in [1.807, 2.05) is 0 Å². The van der Waals surface area contributed by atoms with E-state index in [-0.39, 0.29) is 23.6 Å². The molecule has 8 heteroatoms. The van der Waals surface area contributed by atoms with Crippen LogP contribution in [0.4, 0.5) is 21.0 Å². The fraction of sp³-hybridized carbons (Fsp3) is 0.471. The molecule has 0 saturated heterocycles. The molecule has 0 saturated carbocycles. The second-order valence-electron chi connectivity index (χ2n) is 7.21. The molecule has 0 heterocycles. The Morgan fingerprint density at radius 2 is 1.24 bits per heavy atom. The zero-order valence-electron chi connectivity index (χ0n) is 15.3. The van der Waals surface area contributed by atoms with Gasteiger partial charge in [-0.1, -0.05) is 0 Å². The van der Waals surface area contributed by atoms with E-state index >= 15 is 0 Å². The lowest BCUT2D eigenvalue weighted by Crippen LogP contribution is -2.28. The number of ether oxygens (including phenoxy) is 3. The summed E-state index contributed by atoms with van der Waals surface area (Å²) in [6.07, 6.45) is -1.36. The normalized spacial score (nSPS) is 11.3. The maximum Gasteiger partial charge on any atom is 0.412 e. The Morgan fingerprint density at radius 1 is 0.840 bits per heavy atom. The quantitative estimate of drug-likeness (QED) is 0.796. The van der Waals surface area contributed by atoms with Crippen molar-refractivity contribution in [1.29, 1.82) is 0 Å². The summed E-state index contributed by atoms with van der Waals surface area (Å²) in [7, 11) is 0. The van der Waals surface area contributed by atoms with Gasteiger partial charge < -0.3 is 14.2 Å². The number of amides is 2. The van der Waals surface area contributed by atoms with E-state index in [1.165, 1.54) is 18.2 Å². The monoisotopic (exact) mass is 352 g/mol. The first-order valence-electron chi connectivity index (χ1n) is 7.63. The predicted molar refractivity (Wildman–Crippen MR) is 92.8 cm³/mol. The molecular weight excluding hydrogens is 328 g/mol. The Hall–Kier alpha value is -2.77. The zero-order chi connectivity index (χ0) is 19.3. The van der Waals surface area contributed by atoms with Gasteiger partial charge in [0.15, 0.2) is 0 Å². The number of rotatable bonds is 4. The minimum atomic E-state index is -0.682. The molecule has 0 fully saturated rings. The van der Waals surface area contributed by atoms with Gasteiger partial charge in [0.2, 0.25) is 0 Å². The highest BCUT2D eigenvalue weighted by molar-refractivity contribution is 5.89. The largest absolute Gasteiger partial charge is 0.444 e. The molecule has 0 aliphatic heterocycles. The number of carbonyl (C=O) groups is 3. The van der Waals surface area contributed by atoms with Crippen LogP contribution in [0.2, 0.25) is 0 Å². The summed E-state index contributed by atoms with van der Waals surface area (Å²) >= 11 is 0. The molecule has 2 N–H and O–H groups in total. The average Bonchev–Trinajstić information content (AvgIpc) is 2.33. The number of hydrogen-bond donors (Lipinski definition) is 2. The van der Waals surface area contributed by atoms with E-state index in [9.17, 15) is 14.4 Å². The Morgan fingerprint density at radius 3 is 1.56 bits per heavy atom. The lowest BCUT2D eigenvalue weighted by Gasteiger charge is -2.21. The Bertz CT molecular complexity index is 595. The third kappa shape index (κ3) is 8.59. The second kappa shape index (κ2) is 7.87. The molecule has 25 heavy (non-hydrogen) atoms. The maximum atomic E-state index is 11.9. The average molecular weight is 352 g/mol. The van der Waals surface area contributed by atoms with E-state index in [2.05, 4.69) is 10.6 Å². The van der Waals surface area contributed by atoms with Crippen LogP contribution in [0.15, 0.2) is 18.2 Å². The number of benzene rings is 1. The van der Waals surface area contributed by atoms with E-state index in [0.717, 1.165) is 0 Å². The van der Waals surface area contributed by atoms with Gasteiger partial charge in [0, 0.05) is 23.5 Å². The lowest BCUT2D eigenvalue weighted by atomic mass is 10.2. The number of anilines is 2. The Balaban J connectivity index is 2.95. The van der Waals surface area contributed by atoms with Gasteiger partial charge in [-0.05, 0) is 47.6 Å². The first-order chi connectivity index (χ1) is 11.4. The molecule has 2 amide bonds. The van der Waals surface area contributed by atoms with Crippen LogP contribution in [0.1, 0.15) is 41.5 Å². The zero-order valence-corrected chi connectivity index (χ0v) is 15.3. The van der Waals surface area contributed by atoms with Crippen LogP contribution in [-0.4, -0.2) is 29.9 Å². The third-order valence-corrected chi connectivity index (χ3v) is 2.38. The molecule has 0 bridgehead atoms. The van der Waals surface area contributed by atoms with Crippen LogP contribution < -0.4 is 15.4 Å². The highest BCUT2D eigenvalue weighted by atomic mass is 16.6. The third-order valence-electron chi connectivity index (χ3n) is 2.38. The van der Waals surface area contributed by atoms with Crippen LogP contribution in [0.25, 0.3) is 0 Å². The highest BCUT2D eigenvalue weighted by Gasteiger charge is 2.18. The van der Waals surface area contributed by atoms with Crippen molar-refractivity contribution in [3.63, 3.8) is 0 Å². The molecule has 0 unspecified atom stereocenters. The second-order valence-corrected chi connectivity index (χ2v) is 7.21. The predicted octanol–water partition coefficient (Wildman–Crippen LogP) is 3.92. The summed E-state index contributed by atoms with van der Waals surface area (Å²) in [5, 5.41) is 5.02. The van der Waals surface area contributed by atoms with Crippen LogP contribution in [0, 0.1) is 0 Å². The van der Waals surface area contributed by atoms with Gasteiger partial charge in [-0.15, -0.1) is 0 Å². The van der Waals surface area contributed by atoms with Gasteiger partial charge in [-0.25, -0.2) is 9.59 Å². The molecule has 138 valence electrons. The summed E-state index contributed by atoms with van der Waals surface area (Å²) < 4.78 is 15.1. The molecule has 8 nitrogen and oxygen atoms in total. The standard InChI is InChI=1S/C17H24N2O6/c1-16(2,3)24-14(21)18-11-7-12(9-13(8-11)23-10-20)19-15(22)25-17(4,5)6/h7-10H,1-6H3,(H,18,21)(H,19,22). The first kappa shape index (κ1) is 20.3. The molecule has 0 radical (unpaired) electrons. The molecule has 0 aliphatic rings. The molecule has 0 aromatic heterocycles. The van der Waals surface area contributed by atoms with Crippen molar-refractivity contribution in [3.05, 3.63) is 18.2 Å². The summed E-state index contributed by atoms with van der Waals surface area (Å²) in [6, 6.07) is 4.31. The fourth-order valence-corrected chi connectivity index (χ4v) is 1.71. The molecule has 0 aliphatic carbocycles. The number of carbonyl (C=O) groups excluding carboxylic acids is 3. The summed E-state index contributed by atoms with van der Waals surface area (Å²) in [6.45, 7) is 10.6. The van der Waals surface area contributed by atoms with Gasteiger partial charge in [0.25, 0.3) is 6.47 Å². The number of nitrogens with one attached hydrogen (secondary N) is 2. The topological polar surface area (TPSA) is 103 Å². The number of hydrogen-bond acceptors (Lipinski definition) is 6. The molecule has 1 aromatic rings. The van der Waals surface area contributed by atoms with Gasteiger partial charge in [0.05, 0.1) is 0 Å². The van der Waals surface area contributed by atoms with E-state index in [1.54, 1.807) is 41.5 Å². The highest BCUT2D eigenvalue weighted by Crippen LogP contribution is 2.25. The Kier molecular flexibility index (Phi) is 6.38. The molecule has 1 rings (SSSR count).